The largest absolute Gasteiger partial charge is 0.482 e. The molecule has 2 aromatic heterocycles. The molecule has 0 spiro atoms. The van der Waals surface area contributed by atoms with Crippen molar-refractivity contribution in [1.29, 1.82) is 0 Å². The minimum atomic E-state index is -0.544. The van der Waals surface area contributed by atoms with Crippen molar-refractivity contribution < 1.29 is 14.5 Å². The van der Waals surface area contributed by atoms with Gasteiger partial charge in [0.2, 0.25) is 0 Å². The van der Waals surface area contributed by atoms with Gasteiger partial charge in [0.05, 0.1) is 26.6 Å². The van der Waals surface area contributed by atoms with Crippen LogP contribution in [0.1, 0.15) is 22.2 Å². The summed E-state index contributed by atoms with van der Waals surface area (Å²) in [5.74, 6) is -0.107. The van der Waals surface area contributed by atoms with Gasteiger partial charge in [-0.3, -0.25) is 14.9 Å². The Bertz CT molecular complexity index is 1070. The van der Waals surface area contributed by atoms with Crippen molar-refractivity contribution in [2.24, 2.45) is 5.10 Å². The van der Waals surface area contributed by atoms with Gasteiger partial charge < -0.3 is 4.74 Å². The Balaban J connectivity index is 1.51. The normalized spacial score (nSPS) is 16.0. The van der Waals surface area contributed by atoms with E-state index in [-0.39, 0.29) is 35.0 Å². The van der Waals surface area contributed by atoms with E-state index in [1.165, 1.54) is 23.2 Å². The lowest BCUT2D eigenvalue weighted by molar-refractivity contribution is -0.384. The number of hydrazone groups is 1. The first-order chi connectivity index (χ1) is 14.0. The summed E-state index contributed by atoms with van der Waals surface area (Å²) < 4.78 is 5.53. The van der Waals surface area contributed by atoms with E-state index in [0.29, 0.717) is 6.42 Å². The number of rotatable bonds is 6. The zero-order valence-electron chi connectivity index (χ0n) is 14.9. The van der Waals surface area contributed by atoms with Crippen LogP contribution in [-0.4, -0.2) is 28.2 Å². The van der Waals surface area contributed by atoms with Crippen LogP contribution in [-0.2, 0) is 4.79 Å². The third kappa shape index (κ3) is 4.16. The number of thiophene rings is 2. The zero-order valence-corrected chi connectivity index (χ0v) is 17.2. The van der Waals surface area contributed by atoms with Crippen LogP contribution in [0.3, 0.4) is 0 Å². The Labute approximate surface area is 179 Å². The summed E-state index contributed by atoms with van der Waals surface area (Å²) in [4.78, 5) is 25.2. The maximum Gasteiger partial charge on any atom is 0.281 e. The number of non-ortho nitro benzene ring substituents is 1. The Morgan fingerprint density at radius 3 is 2.72 bits per heavy atom. The highest BCUT2D eigenvalue weighted by atomic mass is 35.5. The fourth-order valence-corrected chi connectivity index (χ4v) is 4.72. The Morgan fingerprint density at radius 1 is 1.28 bits per heavy atom. The van der Waals surface area contributed by atoms with Gasteiger partial charge in [-0.1, -0.05) is 23.7 Å². The van der Waals surface area contributed by atoms with Crippen LogP contribution >= 0.6 is 34.3 Å². The summed E-state index contributed by atoms with van der Waals surface area (Å²) >= 11 is 9.19. The highest BCUT2D eigenvalue weighted by Gasteiger charge is 2.34. The summed E-state index contributed by atoms with van der Waals surface area (Å²) in [7, 11) is 0. The fourth-order valence-electron chi connectivity index (χ4n) is 2.96. The van der Waals surface area contributed by atoms with Crippen molar-refractivity contribution in [1.82, 2.24) is 5.01 Å². The molecule has 0 saturated carbocycles. The number of ether oxygens (including phenoxy) is 1. The quantitative estimate of drug-likeness (QED) is 0.387. The number of nitrogens with zero attached hydrogens (tertiary/aromatic N) is 3. The van der Waals surface area contributed by atoms with Crippen LogP contribution in [0.4, 0.5) is 5.69 Å². The average Bonchev–Trinajstić information content (AvgIpc) is 3.47. The molecule has 0 aliphatic carbocycles. The molecule has 0 radical (unpaired) electrons. The Morgan fingerprint density at radius 2 is 2.07 bits per heavy atom. The molecule has 1 atom stereocenters. The lowest BCUT2D eigenvalue weighted by Crippen LogP contribution is -2.31. The first-order valence-corrected chi connectivity index (χ1v) is 10.7. The van der Waals surface area contributed by atoms with Gasteiger partial charge in [0.1, 0.15) is 5.75 Å². The van der Waals surface area contributed by atoms with E-state index in [1.807, 2.05) is 35.0 Å². The molecule has 0 bridgehead atoms. The zero-order chi connectivity index (χ0) is 20.4. The summed E-state index contributed by atoms with van der Waals surface area (Å²) in [6.45, 7) is -0.277. The van der Waals surface area contributed by atoms with Crippen molar-refractivity contribution in [3.8, 4) is 5.75 Å². The van der Waals surface area contributed by atoms with E-state index in [4.69, 9.17) is 16.3 Å². The molecule has 148 valence electrons. The smallest absolute Gasteiger partial charge is 0.281 e. The third-order valence-electron chi connectivity index (χ3n) is 4.32. The van der Waals surface area contributed by atoms with E-state index in [9.17, 15) is 14.9 Å². The number of carbonyl (C=O) groups excluding carboxylic acids is 1. The molecule has 7 nitrogen and oxygen atoms in total. The second-order valence-corrected chi connectivity index (χ2v) is 8.49. The number of carbonyl (C=O) groups is 1. The van der Waals surface area contributed by atoms with Gasteiger partial charge in [0.15, 0.2) is 6.61 Å². The molecular weight excluding hydrogens is 434 g/mol. The predicted octanol–water partition coefficient (Wildman–Crippen LogP) is 5.13. The molecule has 1 unspecified atom stereocenters. The molecule has 1 aliphatic rings. The topological polar surface area (TPSA) is 85.0 Å². The molecule has 0 saturated heterocycles. The first-order valence-electron chi connectivity index (χ1n) is 8.56. The summed E-state index contributed by atoms with van der Waals surface area (Å²) in [6, 6.07) is 11.5. The van der Waals surface area contributed by atoms with Gasteiger partial charge >= 0.3 is 0 Å². The van der Waals surface area contributed by atoms with E-state index >= 15 is 0 Å². The molecule has 1 amide bonds. The standard InChI is InChI=1S/C19H14ClN3O4S2/c20-13-9-12(23(25)26)5-6-16(13)27-11-19(24)22-15(18-4-2-8-29-18)10-14(21-22)17-3-1-7-28-17/h1-9,15H,10-11H2. The van der Waals surface area contributed by atoms with E-state index in [2.05, 4.69) is 5.10 Å². The number of hydrogen-bond donors (Lipinski definition) is 0. The van der Waals surface area contributed by atoms with Crippen molar-refractivity contribution in [2.75, 3.05) is 6.61 Å². The Kier molecular flexibility index (Phi) is 5.61. The molecule has 10 heteroatoms. The summed E-state index contributed by atoms with van der Waals surface area (Å²) in [5, 5.41) is 20.8. The number of nitro benzene ring substituents is 1. The molecular formula is C19H14ClN3O4S2. The highest BCUT2D eigenvalue weighted by Crippen LogP contribution is 2.36. The van der Waals surface area contributed by atoms with Crippen molar-refractivity contribution in [3.05, 3.63) is 78.1 Å². The highest BCUT2D eigenvalue weighted by molar-refractivity contribution is 7.12. The second kappa shape index (κ2) is 8.32. The maximum absolute atomic E-state index is 12.9. The first kappa shape index (κ1) is 19.6. The second-order valence-electron chi connectivity index (χ2n) is 6.16. The van der Waals surface area contributed by atoms with Crippen LogP contribution in [0.15, 0.2) is 58.3 Å². The number of benzene rings is 1. The van der Waals surface area contributed by atoms with Crippen LogP contribution in [0.2, 0.25) is 5.02 Å². The van der Waals surface area contributed by atoms with Gasteiger partial charge in [-0.15, -0.1) is 22.7 Å². The predicted molar refractivity (Wildman–Crippen MR) is 113 cm³/mol. The molecule has 3 heterocycles. The van der Waals surface area contributed by atoms with Gasteiger partial charge in [-0.25, -0.2) is 5.01 Å². The van der Waals surface area contributed by atoms with Crippen molar-refractivity contribution >= 4 is 51.6 Å². The van der Waals surface area contributed by atoms with Gasteiger partial charge in [0, 0.05) is 23.4 Å². The molecule has 4 rings (SSSR count). The van der Waals surface area contributed by atoms with E-state index in [0.717, 1.165) is 15.5 Å². The summed E-state index contributed by atoms with van der Waals surface area (Å²) in [5.41, 5.74) is 0.719. The molecule has 0 N–H and O–H groups in total. The maximum atomic E-state index is 12.9. The monoisotopic (exact) mass is 447 g/mol. The van der Waals surface area contributed by atoms with Gasteiger partial charge in [-0.05, 0) is 29.0 Å². The molecule has 0 fully saturated rings. The van der Waals surface area contributed by atoms with Crippen molar-refractivity contribution in [3.63, 3.8) is 0 Å². The average molecular weight is 448 g/mol. The van der Waals surface area contributed by atoms with Crippen LogP contribution in [0.25, 0.3) is 0 Å². The lowest BCUT2D eigenvalue weighted by atomic mass is 10.1. The number of nitro groups is 1. The number of halogens is 1. The van der Waals surface area contributed by atoms with E-state index in [1.54, 1.807) is 22.7 Å². The van der Waals surface area contributed by atoms with Gasteiger partial charge in [-0.2, -0.15) is 5.10 Å². The van der Waals surface area contributed by atoms with E-state index < -0.39 is 4.92 Å². The SMILES string of the molecule is O=C(COc1ccc([N+](=O)[O-])cc1Cl)N1N=C(c2cccs2)CC1c1cccs1. The van der Waals surface area contributed by atoms with Crippen LogP contribution in [0.5, 0.6) is 5.75 Å². The van der Waals surface area contributed by atoms with Crippen molar-refractivity contribution in [2.45, 2.75) is 12.5 Å². The minimum absolute atomic E-state index is 0.0750. The van der Waals surface area contributed by atoms with Gasteiger partial charge in [0.25, 0.3) is 11.6 Å². The minimum Gasteiger partial charge on any atom is -0.482 e. The number of amides is 1. The molecule has 3 aromatic rings. The van der Waals surface area contributed by atoms with Crippen LogP contribution < -0.4 is 4.74 Å². The fraction of sp³-hybridized carbons (Fsp3) is 0.158. The molecule has 1 aliphatic heterocycles. The molecule has 1 aromatic carbocycles. The molecule has 29 heavy (non-hydrogen) atoms. The van der Waals surface area contributed by atoms with Crippen LogP contribution in [0, 0.1) is 10.1 Å². The Hall–Kier alpha value is -2.75. The summed E-state index contributed by atoms with van der Waals surface area (Å²) in [6.07, 6.45) is 0.630. The third-order valence-corrected chi connectivity index (χ3v) is 6.51. The lowest BCUT2D eigenvalue weighted by Gasteiger charge is -2.20. The number of hydrogen-bond acceptors (Lipinski definition) is 7.